The van der Waals surface area contributed by atoms with Gasteiger partial charge in [-0.1, -0.05) is 72.1 Å². The Balaban J connectivity index is 1.55. The lowest BCUT2D eigenvalue weighted by atomic mass is 9.82. The number of nitrogens with zero attached hydrogens (tertiary/aromatic N) is 1. The van der Waals surface area contributed by atoms with Crippen molar-refractivity contribution >= 4 is 39.4 Å². The third-order valence-corrected chi connectivity index (χ3v) is 14.4. The van der Waals surface area contributed by atoms with Crippen molar-refractivity contribution < 1.29 is 32.4 Å². The topological polar surface area (TPSA) is 171 Å². The van der Waals surface area contributed by atoms with Gasteiger partial charge in [0.2, 0.25) is 17.6 Å². The Labute approximate surface area is 299 Å². The monoisotopic (exact) mass is 721 g/mol. The van der Waals surface area contributed by atoms with E-state index >= 15 is 0 Å². The summed E-state index contributed by atoms with van der Waals surface area (Å²) in [6.45, 7) is 11.2. The van der Waals surface area contributed by atoms with Gasteiger partial charge in [-0.15, -0.1) is 0 Å². The number of urea groups is 1. The van der Waals surface area contributed by atoms with Gasteiger partial charge in [-0.25, -0.2) is 13.2 Å². The molecule has 0 unspecified atom stereocenters. The summed E-state index contributed by atoms with van der Waals surface area (Å²) >= 11 is 0. The molecule has 4 N–H and O–H groups in total. The van der Waals surface area contributed by atoms with E-state index in [4.69, 9.17) is 0 Å². The van der Waals surface area contributed by atoms with Crippen LogP contribution in [0.5, 0.6) is 0 Å². The van der Waals surface area contributed by atoms with Gasteiger partial charge in [0, 0.05) is 12.6 Å². The smallest absolute Gasteiger partial charge is 0.315 e. The van der Waals surface area contributed by atoms with Crippen LogP contribution >= 0.6 is 0 Å². The highest BCUT2D eigenvalue weighted by atomic mass is 32.2. The number of amides is 5. The average molecular weight is 722 g/mol. The van der Waals surface area contributed by atoms with Gasteiger partial charge in [0.1, 0.15) is 12.1 Å². The Morgan fingerprint density at radius 1 is 0.880 bits per heavy atom. The lowest BCUT2D eigenvalue weighted by Crippen LogP contribution is -2.63. The van der Waals surface area contributed by atoms with Gasteiger partial charge >= 0.3 is 6.03 Å². The van der Waals surface area contributed by atoms with Gasteiger partial charge in [-0.05, 0) is 83.5 Å². The summed E-state index contributed by atoms with van der Waals surface area (Å²) in [5.74, 6) is -2.72. The molecule has 4 fully saturated rings. The zero-order chi connectivity index (χ0) is 36.9. The van der Waals surface area contributed by atoms with Gasteiger partial charge in [-0.3, -0.25) is 19.2 Å². The van der Waals surface area contributed by atoms with Crippen molar-refractivity contribution in [3.63, 3.8) is 0 Å². The zero-order valence-corrected chi connectivity index (χ0v) is 32.1. The van der Waals surface area contributed by atoms with Crippen LogP contribution in [0.3, 0.4) is 0 Å². The van der Waals surface area contributed by atoms with E-state index in [-0.39, 0.29) is 35.5 Å². The van der Waals surface area contributed by atoms with E-state index in [1.54, 1.807) is 25.7 Å². The van der Waals surface area contributed by atoms with Gasteiger partial charge in [-0.2, -0.15) is 0 Å². The number of rotatable bonds is 14. The van der Waals surface area contributed by atoms with Crippen molar-refractivity contribution in [3.05, 3.63) is 0 Å². The van der Waals surface area contributed by atoms with Crippen LogP contribution in [0.4, 0.5) is 4.79 Å². The molecule has 0 bridgehead atoms. The molecule has 3 saturated carbocycles. The summed E-state index contributed by atoms with van der Waals surface area (Å²) in [4.78, 5) is 70.0. The molecule has 5 atom stereocenters. The van der Waals surface area contributed by atoms with Crippen LogP contribution in [0.15, 0.2) is 0 Å². The maximum absolute atomic E-state index is 14.6. The summed E-state index contributed by atoms with van der Waals surface area (Å²) in [6, 6.07) is -3.32. The van der Waals surface area contributed by atoms with Crippen molar-refractivity contribution in [2.75, 3.05) is 12.3 Å². The molecule has 1 heterocycles. The number of nitrogens with one attached hydrogen (secondary N) is 4. The first-order chi connectivity index (χ1) is 23.5. The standard InChI is InChI=1S/C37H63N5O7S/c1-7-8-17-28(31(43)33(45)38-27-18-19-27)39-32(44)30-25(3)24(2)22-42(30)34(46)29(26-15-11-9-12-16-26)40-35(47)41-37(20-13-10-14-21-37)23-50(48,49)36(4,5)6/h24-30H,7-23H2,1-6H3,(H,38,45)(H,39,44)(H2,40,41,47)/t24-,25-,28-,29-,30-/m0/s1. The molecular formula is C37H63N5O7S. The molecule has 3 aliphatic carbocycles. The molecule has 4 aliphatic rings. The number of Topliss-reactive ketones (excluding diaryl/α,β-unsaturated/α-hetero) is 1. The highest BCUT2D eigenvalue weighted by molar-refractivity contribution is 7.92. The largest absolute Gasteiger partial charge is 0.347 e. The lowest BCUT2D eigenvalue weighted by Gasteiger charge is -2.40. The molecule has 284 valence electrons. The fourth-order valence-electron chi connectivity index (χ4n) is 7.93. The Bertz CT molecular complexity index is 1350. The fraction of sp³-hybridized carbons (Fsp3) is 0.865. The van der Waals surface area contributed by atoms with Gasteiger partial charge in [0.05, 0.1) is 22.1 Å². The number of carbonyl (C=O) groups excluding carboxylic acids is 5. The van der Waals surface area contributed by atoms with E-state index in [1.807, 2.05) is 20.8 Å². The lowest BCUT2D eigenvalue weighted by molar-refractivity contribution is -0.144. The van der Waals surface area contributed by atoms with Gasteiger partial charge < -0.3 is 26.2 Å². The van der Waals surface area contributed by atoms with E-state index in [2.05, 4.69) is 21.3 Å². The third-order valence-electron chi connectivity index (χ3n) is 11.6. The molecule has 50 heavy (non-hydrogen) atoms. The van der Waals surface area contributed by atoms with Crippen LogP contribution in [-0.2, 0) is 29.0 Å². The van der Waals surface area contributed by atoms with Crippen molar-refractivity contribution in [3.8, 4) is 0 Å². The second-order valence-electron chi connectivity index (χ2n) is 16.8. The number of sulfone groups is 1. The molecule has 0 aromatic heterocycles. The van der Waals surface area contributed by atoms with Crippen LogP contribution in [0, 0.1) is 17.8 Å². The van der Waals surface area contributed by atoms with Crippen molar-refractivity contribution in [1.82, 2.24) is 26.2 Å². The number of hydrogen-bond donors (Lipinski definition) is 4. The Hall–Kier alpha value is -2.70. The SMILES string of the molecule is CCCC[C@H](NC(=O)[C@@H]1[C@@H](C)[C@@H](C)CN1C(=O)[C@@H](NC(=O)NC1(CS(=O)(=O)C(C)(C)C)CCCCC1)C1CCCCC1)C(=O)C(=O)NC1CC1. The van der Waals surface area contributed by atoms with Gasteiger partial charge in [0.15, 0.2) is 9.84 Å². The molecular weight excluding hydrogens is 659 g/mol. The number of unbranched alkanes of at least 4 members (excludes halogenated alkanes) is 1. The first-order valence-electron chi connectivity index (χ1n) is 19.2. The van der Waals surface area contributed by atoms with E-state index in [1.165, 1.54) is 0 Å². The van der Waals surface area contributed by atoms with E-state index < -0.39 is 61.9 Å². The number of carbonyl (C=O) groups is 5. The molecule has 0 spiro atoms. The predicted molar refractivity (Wildman–Crippen MR) is 193 cm³/mol. The Morgan fingerprint density at radius 2 is 1.50 bits per heavy atom. The van der Waals surface area contributed by atoms with Crippen LogP contribution in [0.2, 0.25) is 0 Å². The second-order valence-corrected chi connectivity index (χ2v) is 19.5. The second kappa shape index (κ2) is 16.8. The Morgan fingerprint density at radius 3 is 2.08 bits per heavy atom. The molecule has 12 nitrogen and oxygen atoms in total. The minimum absolute atomic E-state index is 0.00935. The summed E-state index contributed by atoms with van der Waals surface area (Å²) in [6.07, 6.45) is 11.5. The highest BCUT2D eigenvalue weighted by Gasteiger charge is 2.48. The van der Waals surface area contributed by atoms with Crippen LogP contribution in [0.25, 0.3) is 0 Å². The molecule has 0 aromatic rings. The zero-order valence-electron chi connectivity index (χ0n) is 31.3. The van der Waals surface area contributed by atoms with Crippen LogP contribution < -0.4 is 21.3 Å². The number of likely N-dealkylation sites (tertiary alicyclic amines) is 1. The van der Waals surface area contributed by atoms with E-state index in [9.17, 15) is 32.4 Å². The summed E-state index contributed by atoms with van der Waals surface area (Å²) < 4.78 is 25.8. The maximum Gasteiger partial charge on any atom is 0.315 e. The van der Waals surface area contributed by atoms with Crippen molar-refractivity contribution in [1.29, 1.82) is 0 Å². The van der Waals surface area contributed by atoms with Crippen LogP contribution in [-0.4, -0.2) is 89.6 Å². The number of hydrogen-bond acceptors (Lipinski definition) is 7. The maximum atomic E-state index is 14.6. The molecule has 1 aliphatic heterocycles. The molecule has 1 saturated heterocycles. The van der Waals surface area contributed by atoms with Crippen molar-refractivity contribution in [2.45, 2.75) is 172 Å². The first kappa shape index (κ1) is 40.1. The summed E-state index contributed by atoms with van der Waals surface area (Å²) in [5, 5.41) is 11.6. The quantitative estimate of drug-likeness (QED) is 0.195. The van der Waals surface area contributed by atoms with Crippen LogP contribution in [0.1, 0.15) is 138 Å². The van der Waals surface area contributed by atoms with Gasteiger partial charge in [0.25, 0.3) is 5.91 Å². The Kier molecular flexibility index (Phi) is 13.4. The molecule has 4 rings (SSSR count). The summed E-state index contributed by atoms with van der Waals surface area (Å²) in [5.41, 5.74) is -0.931. The molecule has 0 aromatic carbocycles. The minimum Gasteiger partial charge on any atom is -0.347 e. The van der Waals surface area contributed by atoms with E-state index in [0.29, 0.717) is 32.2 Å². The molecule has 0 radical (unpaired) electrons. The third kappa shape index (κ3) is 10.00. The summed E-state index contributed by atoms with van der Waals surface area (Å²) in [7, 11) is -3.55. The molecule has 13 heteroatoms. The predicted octanol–water partition coefficient (Wildman–Crippen LogP) is 4.16. The number of ketones is 1. The minimum atomic E-state index is -3.55. The fourth-order valence-corrected chi connectivity index (χ4v) is 9.45. The van der Waals surface area contributed by atoms with Crippen molar-refractivity contribution in [2.24, 2.45) is 17.8 Å². The first-order valence-corrected chi connectivity index (χ1v) is 20.9. The molecule has 5 amide bonds. The highest BCUT2D eigenvalue weighted by Crippen LogP contribution is 2.35. The van der Waals surface area contributed by atoms with E-state index in [0.717, 1.165) is 70.6 Å². The normalized spacial score (nSPS) is 25.6. The average Bonchev–Trinajstić information content (AvgIpc) is 3.82.